The summed E-state index contributed by atoms with van der Waals surface area (Å²) in [5.74, 6) is 0. The number of carbonyl (C=O) groups excluding carboxylic acids is 1. The van der Waals surface area contributed by atoms with Crippen LogP contribution in [0.3, 0.4) is 0 Å². The predicted molar refractivity (Wildman–Crippen MR) is 97.4 cm³/mol. The largest absolute Gasteiger partial charge is 0.374 e. The third-order valence-electron chi connectivity index (χ3n) is 5.21. The molecule has 2 amide bonds. The molecule has 2 rings (SSSR count). The number of hydrogen-bond donors (Lipinski definition) is 0. The number of nitrogens with zero attached hydrogens (tertiary/aromatic N) is 4. The maximum atomic E-state index is 12.6. The molecule has 2 aliphatic rings. The van der Waals surface area contributed by atoms with Crippen LogP contribution in [0, 0.1) is 0 Å². The maximum Gasteiger partial charge on any atom is 0.320 e. The first kappa shape index (κ1) is 19.5. The molecule has 0 aromatic carbocycles. The lowest BCUT2D eigenvalue weighted by Crippen LogP contribution is -2.56. The molecular weight excluding hydrogens is 304 g/mol. The summed E-state index contributed by atoms with van der Waals surface area (Å²) >= 11 is 0. The molecule has 6 heteroatoms. The molecule has 140 valence electrons. The summed E-state index contributed by atoms with van der Waals surface area (Å²) in [5.41, 5.74) is 0. The molecule has 0 N–H and O–H groups in total. The molecule has 0 aromatic rings. The van der Waals surface area contributed by atoms with Crippen LogP contribution in [0.5, 0.6) is 0 Å². The lowest BCUT2D eigenvalue weighted by atomic mass is 10.2. The van der Waals surface area contributed by atoms with E-state index in [1.165, 1.54) is 0 Å². The van der Waals surface area contributed by atoms with Gasteiger partial charge in [0.1, 0.15) is 0 Å². The number of carbonyl (C=O) groups is 1. The second kappa shape index (κ2) is 9.02. The van der Waals surface area contributed by atoms with Gasteiger partial charge in [-0.05, 0) is 34.6 Å². The Bertz CT molecular complexity index is 394. The first-order chi connectivity index (χ1) is 11.4. The zero-order chi connectivity index (χ0) is 17.7. The van der Waals surface area contributed by atoms with Gasteiger partial charge in [0.15, 0.2) is 0 Å². The number of rotatable bonds is 5. The first-order valence-electron chi connectivity index (χ1n) is 9.55. The summed E-state index contributed by atoms with van der Waals surface area (Å²) < 4.78 is 5.95. The minimum atomic E-state index is 0.187. The monoisotopic (exact) mass is 340 g/mol. The van der Waals surface area contributed by atoms with Gasteiger partial charge < -0.3 is 14.5 Å². The molecule has 0 bridgehead atoms. The van der Waals surface area contributed by atoms with E-state index in [1.807, 2.05) is 9.80 Å². The second-order valence-corrected chi connectivity index (χ2v) is 7.53. The van der Waals surface area contributed by atoms with Gasteiger partial charge in [0, 0.05) is 64.4 Å². The van der Waals surface area contributed by atoms with Crippen LogP contribution in [0.1, 0.15) is 34.6 Å². The Morgan fingerprint density at radius 2 is 1.79 bits per heavy atom. The van der Waals surface area contributed by atoms with E-state index in [9.17, 15) is 4.79 Å². The average Bonchev–Trinajstić information content (AvgIpc) is 2.56. The number of hydrogen-bond acceptors (Lipinski definition) is 4. The van der Waals surface area contributed by atoms with Gasteiger partial charge in [0.05, 0.1) is 12.7 Å². The van der Waals surface area contributed by atoms with Gasteiger partial charge in [-0.3, -0.25) is 9.80 Å². The Labute approximate surface area is 147 Å². The fraction of sp³-hybridized carbons (Fsp3) is 0.944. The zero-order valence-corrected chi connectivity index (χ0v) is 16.2. The second-order valence-electron chi connectivity index (χ2n) is 7.53. The van der Waals surface area contributed by atoms with Crippen LogP contribution in [-0.2, 0) is 4.74 Å². The van der Waals surface area contributed by atoms with Gasteiger partial charge in [-0.15, -0.1) is 0 Å². The number of amides is 2. The predicted octanol–water partition coefficient (Wildman–Crippen LogP) is 1.56. The van der Waals surface area contributed by atoms with Crippen molar-refractivity contribution >= 4 is 6.03 Å². The minimum absolute atomic E-state index is 0.187. The average molecular weight is 341 g/mol. The first-order valence-corrected chi connectivity index (χ1v) is 9.55. The Morgan fingerprint density at radius 1 is 1.12 bits per heavy atom. The minimum Gasteiger partial charge on any atom is -0.374 e. The van der Waals surface area contributed by atoms with Crippen LogP contribution >= 0.6 is 0 Å². The van der Waals surface area contributed by atoms with Gasteiger partial charge in [-0.1, -0.05) is 0 Å². The van der Waals surface area contributed by atoms with Crippen molar-refractivity contribution < 1.29 is 9.53 Å². The summed E-state index contributed by atoms with van der Waals surface area (Å²) in [6, 6.07) is 1.03. The molecule has 0 radical (unpaired) electrons. The molecule has 2 aliphatic heterocycles. The van der Waals surface area contributed by atoms with Crippen LogP contribution in [0.2, 0.25) is 0 Å². The van der Waals surface area contributed by atoms with Crippen molar-refractivity contribution in [1.82, 2.24) is 19.6 Å². The van der Waals surface area contributed by atoms with Crippen LogP contribution in [-0.4, -0.2) is 103 Å². The van der Waals surface area contributed by atoms with E-state index in [-0.39, 0.29) is 12.1 Å². The van der Waals surface area contributed by atoms with Crippen molar-refractivity contribution in [1.29, 1.82) is 0 Å². The van der Waals surface area contributed by atoms with Gasteiger partial charge in [0.25, 0.3) is 0 Å². The molecule has 2 saturated heterocycles. The maximum absolute atomic E-state index is 12.6. The molecule has 2 heterocycles. The normalized spacial score (nSPS) is 24.0. The van der Waals surface area contributed by atoms with Crippen molar-refractivity contribution in [3.63, 3.8) is 0 Å². The van der Waals surface area contributed by atoms with Gasteiger partial charge in [0.2, 0.25) is 0 Å². The van der Waals surface area contributed by atoms with Crippen LogP contribution in [0.4, 0.5) is 4.79 Å². The molecule has 0 spiro atoms. The van der Waals surface area contributed by atoms with E-state index < -0.39 is 0 Å². The van der Waals surface area contributed by atoms with Crippen LogP contribution in [0.25, 0.3) is 0 Å². The Morgan fingerprint density at radius 3 is 2.33 bits per heavy atom. The fourth-order valence-electron chi connectivity index (χ4n) is 3.63. The Kier molecular flexibility index (Phi) is 7.32. The molecule has 0 saturated carbocycles. The highest BCUT2D eigenvalue weighted by atomic mass is 16.5. The molecule has 6 nitrogen and oxygen atoms in total. The molecule has 2 fully saturated rings. The number of urea groups is 1. The van der Waals surface area contributed by atoms with Gasteiger partial charge >= 0.3 is 6.03 Å². The zero-order valence-electron chi connectivity index (χ0n) is 16.2. The summed E-state index contributed by atoms with van der Waals surface area (Å²) in [6.07, 6.45) is 0.297. The quantitative estimate of drug-likeness (QED) is 0.761. The smallest absolute Gasteiger partial charge is 0.320 e. The highest BCUT2D eigenvalue weighted by Crippen LogP contribution is 2.13. The van der Waals surface area contributed by atoms with E-state index >= 15 is 0 Å². The molecule has 24 heavy (non-hydrogen) atoms. The molecule has 0 aliphatic carbocycles. The van der Waals surface area contributed by atoms with E-state index in [1.54, 1.807) is 0 Å². The SMILES string of the molecule is CCN(C(=O)N1CCN(C[C@@H]2CN(C(C)C)CCO2)CC1)C(C)C. The van der Waals surface area contributed by atoms with Crippen molar-refractivity contribution in [3.05, 3.63) is 0 Å². The summed E-state index contributed by atoms with van der Waals surface area (Å²) in [5, 5.41) is 0. The summed E-state index contributed by atoms with van der Waals surface area (Å²) in [6.45, 7) is 18.9. The van der Waals surface area contributed by atoms with Gasteiger partial charge in [-0.25, -0.2) is 4.79 Å². The van der Waals surface area contributed by atoms with Crippen molar-refractivity contribution in [2.45, 2.75) is 52.8 Å². The summed E-state index contributed by atoms with van der Waals surface area (Å²) in [4.78, 5) is 21.5. The van der Waals surface area contributed by atoms with Crippen molar-refractivity contribution in [3.8, 4) is 0 Å². The van der Waals surface area contributed by atoms with Crippen LogP contribution < -0.4 is 0 Å². The fourth-order valence-corrected chi connectivity index (χ4v) is 3.63. The topological polar surface area (TPSA) is 39.3 Å². The van der Waals surface area contributed by atoms with Crippen molar-refractivity contribution in [2.75, 3.05) is 59.0 Å². The molecule has 0 unspecified atom stereocenters. The van der Waals surface area contributed by atoms with E-state index in [0.29, 0.717) is 12.1 Å². The number of morpholine rings is 1. The van der Waals surface area contributed by atoms with E-state index in [0.717, 1.165) is 59.0 Å². The van der Waals surface area contributed by atoms with Crippen molar-refractivity contribution in [2.24, 2.45) is 0 Å². The summed E-state index contributed by atoms with van der Waals surface area (Å²) in [7, 11) is 0. The Balaban J connectivity index is 1.77. The third-order valence-corrected chi connectivity index (χ3v) is 5.21. The highest BCUT2D eigenvalue weighted by molar-refractivity contribution is 5.74. The highest BCUT2D eigenvalue weighted by Gasteiger charge is 2.29. The molecule has 0 aromatic heterocycles. The third kappa shape index (κ3) is 5.07. The standard InChI is InChI=1S/C18H36N4O2/c1-6-22(16(4)5)18(23)20-9-7-19(8-10-20)13-17-14-21(15(2)3)11-12-24-17/h15-17H,6-14H2,1-5H3/t17-/m1/s1. The van der Waals surface area contributed by atoms with E-state index in [4.69, 9.17) is 4.74 Å². The lowest BCUT2D eigenvalue weighted by molar-refractivity contribution is -0.0555. The number of piperazine rings is 1. The Hall–Kier alpha value is -0.850. The van der Waals surface area contributed by atoms with Gasteiger partial charge in [-0.2, -0.15) is 0 Å². The molecule has 1 atom stereocenters. The number of ether oxygens (including phenoxy) is 1. The van der Waals surface area contributed by atoms with E-state index in [2.05, 4.69) is 44.4 Å². The lowest BCUT2D eigenvalue weighted by Gasteiger charge is -2.41. The molecular formula is C18H36N4O2. The van der Waals surface area contributed by atoms with Crippen LogP contribution in [0.15, 0.2) is 0 Å².